The van der Waals surface area contributed by atoms with Crippen LogP contribution in [-0.2, 0) is 20.5 Å². The first-order valence-electron chi connectivity index (χ1n) is 11.5. The number of tetrazole rings is 1. The van der Waals surface area contributed by atoms with E-state index in [4.69, 9.17) is 0 Å². The third-order valence-corrected chi connectivity index (χ3v) is 7.89. The molecule has 5 rings (SSSR count). The van der Waals surface area contributed by atoms with Crippen LogP contribution in [0.3, 0.4) is 0 Å². The molecule has 0 radical (unpaired) electrons. The number of carbonyl (C=O) groups is 1. The van der Waals surface area contributed by atoms with Crippen molar-refractivity contribution >= 4 is 27.5 Å². The van der Waals surface area contributed by atoms with E-state index in [0.717, 1.165) is 47.8 Å². The number of benzene rings is 2. The van der Waals surface area contributed by atoms with Crippen LogP contribution in [0.15, 0.2) is 51.9 Å². The number of aromatic nitrogens is 4. The maximum absolute atomic E-state index is 13.3. The Hall–Kier alpha value is -3.66. The number of rotatable bonds is 5. The molecule has 3 aromatic rings. The van der Waals surface area contributed by atoms with E-state index in [9.17, 15) is 13.2 Å². The van der Waals surface area contributed by atoms with E-state index in [1.165, 1.54) is 4.68 Å². The third-order valence-electron chi connectivity index (χ3n) is 6.31. The number of likely N-dealkylation sites (tertiary alicyclic amines) is 1. The Morgan fingerprint density at radius 1 is 1.00 bits per heavy atom. The number of carbonyl (C=O) groups excluding carboxylic acids is 1. The third kappa shape index (κ3) is 4.41. The van der Waals surface area contributed by atoms with Crippen LogP contribution in [0.1, 0.15) is 35.4 Å². The first-order chi connectivity index (χ1) is 16.7. The second kappa shape index (κ2) is 8.84. The molecule has 0 bridgehead atoms. The van der Waals surface area contributed by atoms with Crippen LogP contribution in [0.4, 0.5) is 0 Å². The van der Waals surface area contributed by atoms with Crippen LogP contribution in [0, 0.1) is 20.8 Å². The Morgan fingerprint density at radius 3 is 2.43 bits per heavy atom. The van der Waals surface area contributed by atoms with Crippen molar-refractivity contribution in [2.24, 2.45) is 4.99 Å². The fraction of sp³-hybridized carbons (Fsp3) is 0.320. The molecule has 0 atom stereocenters. The average Bonchev–Trinajstić information content (AvgIpc) is 3.48. The van der Waals surface area contributed by atoms with Gasteiger partial charge < -0.3 is 4.90 Å². The van der Waals surface area contributed by atoms with Gasteiger partial charge in [-0.1, -0.05) is 29.3 Å². The molecule has 1 aromatic heterocycles. The monoisotopic (exact) mass is 490 g/mol. The lowest BCUT2D eigenvalue weighted by molar-refractivity contribution is -0.114. The molecular formula is C25H26N6O3S. The summed E-state index contributed by atoms with van der Waals surface area (Å²) in [4.78, 5) is 19.9. The molecule has 0 N–H and O–H groups in total. The van der Waals surface area contributed by atoms with E-state index < -0.39 is 15.7 Å². The summed E-state index contributed by atoms with van der Waals surface area (Å²) in [6.45, 7) is 7.27. The minimum Gasteiger partial charge on any atom is -0.368 e. The quantitative estimate of drug-likeness (QED) is 0.498. The van der Waals surface area contributed by atoms with Gasteiger partial charge in [-0.3, -0.25) is 4.79 Å². The molecule has 1 saturated heterocycles. The maximum Gasteiger partial charge on any atom is 0.279 e. The molecule has 3 heterocycles. The molecule has 2 aromatic carbocycles. The summed E-state index contributed by atoms with van der Waals surface area (Å²) in [6.07, 6.45) is 3.74. The van der Waals surface area contributed by atoms with Crippen molar-refractivity contribution in [3.05, 3.63) is 75.1 Å². The molecule has 0 unspecified atom stereocenters. The molecule has 35 heavy (non-hydrogen) atoms. The average molecular weight is 491 g/mol. The van der Waals surface area contributed by atoms with Crippen molar-refractivity contribution in [2.45, 2.75) is 44.4 Å². The van der Waals surface area contributed by atoms with Gasteiger partial charge in [0.1, 0.15) is 0 Å². The zero-order valence-electron chi connectivity index (χ0n) is 19.9. The Balaban J connectivity index is 1.66. The van der Waals surface area contributed by atoms with E-state index >= 15 is 0 Å². The zero-order valence-corrected chi connectivity index (χ0v) is 20.7. The molecular weight excluding hydrogens is 464 g/mol. The van der Waals surface area contributed by atoms with E-state index in [0.29, 0.717) is 16.6 Å². The summed E-state index contributed by atoms with van der Waals surface area (Å²) in [5.41, 5.74) is 3.85. The minimum atomic E-state index is -3.72. The van der Waals surface area contributed by atoms with Crippen molar-refractivity contribution < 1.29 is 13.2 Å². The summed E-state index contributed by atoms with van der Waals surface area (Å²) >= 11 is 0. The van der Waals surface area contributed by atoms with Gasteiger partial charge in [0.15, 0.2) is 21.5 Å². The highest BCUT2D eigenvalue weighted by Crippen LogP contribution is 2.28. The van der Waals surface area contributed by atoms with Gasteiger partial charge >= 0.3 is 0 Å². The van der Waals surface area contributed by atoms with Crippen LogP contribution in [0.5, 0.6) is 0 Å². The smallest absolute Gasteiger partial charge is 0.279 e. The lowest BCUT2D eigenvalue weighted by atomic mass is 10.0. The predicted molar refractivity (Wildman–Crippen MR) is 130 cm³/mol. The number of hydrogen-bond donors (Lipinski definition) is 0. The number of hydrogen-bond acceptors (Lipinski definition) is 7. The van der Waals surface area contributed by atoms with Crippen molar-refractivity contribution in [1.29, 1.82) is 0 Å². The van der Waals surface area contributed by atoms with Gasteiger partial charge in [-0.15, -0.1) is 5.10 Å². The van der Waals surface area contributed by atoms with Crippen molar-refractivity contribution in [2.75, 3.05) is 13.1 Å². The second-order valence-corrected chi connectivity index (χ2v) is 11.1. The van der Waals surface area contributed by atoms with E-state index in [2.05, 4.69) is 20.5 Å². The standard InChI is InChI=1S/C25H26N6O3S/c1-16-6-8-20(9-7-16)35(33,34)15-31-24(27-28-29-31)23(30-10-4-5-11-30)21-14-19-13-17(2)12-18(3)22(19)26-25(21)32/h6-9,12-14H,4-5,10-11,15H2,1-3H3/b23-21+. The van der Waals surface area contributed by atoms with Crippen LogP contribution in [-0.4, -0.2) is 52.5 Å². The van der Waals surface area contributed by atoms with Gasteiger partial charge in [-0.25, -0.2) is 18.1 Å². The van der Waals surface area contributed by atoms with Crippen LogP contribution in [0.2, 0.25) is 0 Å². The summed E-state index contributed by atoms with van der Waals surface area (Å²) < 4.78 is 27.6. The number of sulfone groups is 1. The highest BCUT2D eigenvalue weighted by atomic mass is 32.2. The van der Waals surface area contributed by atoms with Crippen LogP contribution < -0.4 is 10.6 Å². The predicted octanol–water partition coefficient (Wildman–Crippen LogP) is 1.48. The first-order valence-corrected chi connectivity index (χ1v) is 13.2. The Labute approximate surface area is 203 Å². The summed E-state index contributed by atoms with van der Waals surface area (Å²) in [7, 11) is -3.72. The lowest BCUT2D eigenvalue weighted by Crippen LogP contribution is -2.35. The van der Waals surface area contributed by atoms with Crippen LogP contribution >= 0.6 is 0 Å². The van der Waals surface area contributed by atoms with E-state index in [1.54, 1.807) is 24.3 Å². The summed E-state index contributed by atoms with van der Waals surface area (Å²) in [5, 5.41) is 13.5. The highest BCUT2D eigenvalue weighted by molar-refractivity contribution is 7.90. The topological polar surface area (TPSA) is 110 Å². The molecule has 2 aliphatic rings. The molecule has 0 spiro atoms. The first kappa shape index (κ1) is 23.1. The van der Waals surface area contributed by atoms with Gasteiger partial charge in [-0.2, -0.15) is 0 Å². The minimum absolute atomic E-state index is 0.190. The lowest BCUT2D eigenvalue weighted by Gasteiger charge is -2.23. The van der Waals surface area contributed by atoms with Gasteiger partial charge in [0.05, 0.1) is 21.5 Å². The molecule has 2 aliphatic heterocycles. The van der Waals surface area contributed by atoms with Gasteiger partial charge in [0.25, 0.3) is 5.91 Å². The summed E-state index contributed by atoms with van der Waals surface area (Å²) in [5.74, 6) is -0.587. The van der Waals surface area contributed by atoms with Crippen LogP contribution in [0.25, 0.3) is 11.8 Å². The molecule has 180 valence electrons. The second-order valence-electron chi connectivity index (χ2n) is 9.10. The fourth-order valence-corrected chi connectivity index (χ4v) is 5.82. The Kier molecular flexibility index (Phi) is 5.84. The van der Waals surface area contributed by atoms with E-state index in [-0.39, 0.29) is 16.6 Å². The molecule has 0 aliphatic carbocycles. The van der Waals surface area contributed by atoms with Gasteiger partial charge in [0.2, 0.25) is 0 Å². The largest absolute Gasteiger partial charge is 0.368 e. The van der Waals surface area contributed by atoms with Crippen molar-refractivity contribution in [1.82, 2.24) is 25.1 Å². The molecule has 1 fully saturated rings. The Morgan fingerprint density at radius 2 is 1.71 bits per heavy atom. The summed E-state index contributed by atoms with van der Waals surface area (Å²) in [6, 6.07) is 10.6. The highest BCUT2D eigenvalue weighted by Gasteiger charge is 2.30. The van der Waals surface area contributed by atoms with Gasteiger partial charge in [0, 0.05) is 18.3 Å². The van der Waals surface area contributed by atoms with Crippen molar-refractivity contribution in [3.63, 3.8) is 0 Å². The van der Waals surface area contributed by atoms with Gasteiger partial charge in [-0.05, 0) is 73.9 Å². The van der Waals surface area contributed by atoms with Crippen molar-refractivity contribution in [3.8, 4) is 0 Å². The molecule has 0 saturated carbocycles. The molecule has 9 nitrogen and oxygen atoms in total. The fourth-order valence-electron chi connectivity index (χ4n) is 4.62. The molecule has 1 amide bonds. The SMILES string of the molecule is Cc1ccc(S(=O)(=O)Cn2nnnc2/C(=C2/C=c3cc(C)cc(C)c3=NC2=O)N2CCCC2)cc1. The van der Waals surface area contributed by atoms with E-state index in [1.807, 2.05) is 43.9 Å². The number of fused-ring (bicyclic) bond motifs is 1. The maximum atomic E-state index is 13.3. The number of nitrogens with zero attached hydrogens (tertiary/aromatic N) is 6. The number of amides is 1. The number of aryl methyl sites for hydroxylation is 3. The Bertz CT molecular complexity index is 1580. The molecule has 10 heteroatoms. The normalized spacial score (nSPS) is 17.1. The zero-order chi connectivity index (χ0) is 24.7.